The minimum Gasteiger partial charge on any atom is -0.481 e. The van der Waals surface area contributed by atoms with E-state index in [1.807, 2.05) is 54.6 Å². The molecule has 12 nitrogen and oxygen atoms in total. The number of carbonyl (C=O) groups excluding carboxylic acids is 2. The number of benzene rings is 2. The first-order valence-electron chi connectivity index (χ1n) is 13.1. The van der Waals surface area contributed by atoms with Crippen LogP contribution >= 0.6 is 0 Å². The predicted molar refractivity (Wildman–Crippen MR) is 146 cm³/mol. The molecule has 222 valence electrons. The molecule has 12 heteroatoms. The van der Waals surface area contributed by atoms with Gasteiger partial charge in [-0.1, -0.05) is 68.9 Å². The molecular weight excluding hydrogens is 536 g/mol. The minimum atomic E-state index is -1.07. The summed E-state index contributed by atoms with van der Waals surface area (Å²) < 4.78 is 16.7. The van der Waals surface area contributed by atoms with Crippen LogP contribution < -0.4 is 5.32 Å². The molecule has 2 aromatic carbocycles. The highest BCUT2D eigenvalue weighted by atomic mass is 17.0. The molecule has 0 aliphatic carbocycles. The number of carbonyl (C=O) groups is 3. The van der Waals surface area contributed by atoms with E-state index in [1.54, 1.807) is 6.92 Å². The Hall–Kier alpha value is -4.03. The molecule has 4 rings (SSSR count). The number of nitrogens with zero attached hydrogens (tertiary/aromatic N) is 1. The van der Waals surface area contributed by atoms with Crippen molar-refractivity contribution in [2.45, 2.75) is 70.5 Å². The maximum absolute atomic E-state index is 13.0. The average molecular weight is 573 g/mol. The van der Waals surface area contributed by atoms with Crippen LogP contribution in [0.2, 0.25) is 0 Å². The third kappa shape index (κ3) is 8.73. The molecule has 2 saturated heterocycles. The number of esters is 1. The first-order chi connectivity index (χ1) is 19.2. The lowest BCUT2D eigenvalue weighted by Crippen LogP contribution is -2.40. The average Bonchev–Trinajstić information content (AvgIpc) is 3.51. The summed E-state index contributed by atoms with van der Waals surface area (Å²) in [5.41, 5.74) is 3.05. The van der Waals surface area contributed by atoms with Crippen LogP contribution in [0.1, 0.15) is 39.2 Å². The molecule has 3 unspecified atom stereocenters. The van der Waals surface area contributed by atoms with Gasteiger partial charge in [-0.3, -0.25) is 14.4 Å². The summed E-state index contributed by atoms with van der Waals surface area (Å²) >= 11 is 0. The quantitative estimate of drug-likeness (QED) is 0.207. The lowest BCUT2D eigenvalue weighted by molar-refractivity contribution is -0.769. The lowest BCUT2D eigenvalue weighted by atomic mass is 9.94. The zero-order valence-corrected chi connectivity index (χ0v) is 22.0. The second-order valence-corrected chi connectivity index (χ2v) is 10.0. The Labute approximate surface area is 238 Å². The molecule has 0 spiro atoms. The van der Waals surface area contributed by atoms with Crippen molar-refractivity contribution in [2.24, 2.45) is 5.92 Å². The van der Waals surface area contributed by atoms with Crippen LogP contribution in [0.3, 0.4) is 0 Å². The molecule has 2 aliphatic rings. The molecule has 2 N–H and O–H groups in total. The van der Waals surface area contributed by atoms with Gasteiger partial charge in [0.2, 0.25) is 5.91 Å². The summed E-state index contributed by atoms with van der Waals surface area (Å²) in [6.07, 6.45) is -2.82. The zero-order chi connectivity index (χ0) is 28.6. The van der Waals surface area contributed by atoms with Crippen molar-refractivity contribution in [2.75, 3.05) is 13.2 Å². The van der Waals surface area contributed by atoms with Crippen molar-refractivity contribution in [1.29, 1.82) is 0 Å². The smallest absolute Gasteiger partial charge is 0.309 e. The van der Waals surface area contributed by atoms with E-state index < -0.39 is 59.3 Å². The third-order valence-electron chi connectivity index (χ3n) is 6.97. The van der Waals surface area contributed by atoms with Crippen molar-refractivity contribution in [3.05, 3.63) is 70.3 Å². The van der Waals surface area contributed by atoms with E-state index >= 15 is 0 Å². The van der Waals surface area contributed by atoms with Gasteiger partial charge in [0.25, 0.3) is 5.09 Å². The maximum Gasteiger partial charge on any atom is 0.309 e. The lowest BCUT2D eigenvalue weighted by Gasteiger charge is -2.24. The molecule has 0 bridgehead atoms. The first kappa shape index (κ1) is 31.5. The Kier molecular flexibility index (Phi) is 11.2. The van der Waals surface area contributed by atoms with E-state index in [4.69, 9.17) is 19.3 Å². The summed E-state index contributed by atoms with van der Waals surface area (Å²) in [5, 5.41) is 21.6. The highest BCUT2D eigenvalue weighted by Crippen LogP contribution is 2.31. The number of nitrogens with one attached hydrogen (secondary N) is 1. The standard InChI is InChI=1S/C28H32N2O10.CH4/c1-17(28(34)39-22-15-37-27-23(40-30(35)36)16-38-26(22)27)13-21(29-24(31)11-12-25(32)33)14-18-7-9-20(10-8-18)19-5-3-2-4-6-19;/h2-10,17,21-23,26-27H,11-16H2,1H3,(H,29,31)(H,32,33);1H4/t17?,21-,22-,23?,26+,27?;/m0./s1. The normalized spacial score (nSPS) is 22.5. The number of hydrogen-bond acceptors (Lipinski definition) is 9. The van der Waals surface area contributed by atoms with E-state index in [1.165, 1.54) is 0 Å². The van der Waals surface area contributed by atoms with Crippen molar-refractivity contribution in [3.8, 4) is 11.1 Å². The Bertz CT molecular complexity index is 1190. The van der Waals surface area contributed by atoms with Crippen molar-refractivity contribution < 1.29 is 43.6 Å². The molecule has 1 amide bonds. The number of ether oxygens (including phenoxy) is 3. The van der Waals surface area contributed by atoms with E-state index in [-0.39, 0.29) is 39.9 Å². The van der Waals surface area contributed by atoms with E-state index in [2.05, 4.69) is 10.2 Å². The van der Waals surface area contributed by atoms with Gasteiger partial charge in [-0.15, -0.1) is 10.1 Å². The number of aliphatic carboxylic acids is 1. The van der Waals surface area contributed by atoms with Gasteiger partial charge in [0, 0.05) is 12.5 Å². The molecule has 2 heterocycles. The molecule has 0 radical (unpaired) electrons. The number of amides is 1. The molecule has 2 aromatic rings. The van der Waals surface area contributed by atoms with E-state index in [9.17, 15) is 24.5 Å². The van der Waals surface area contributed by atoms with Gasteiger partial charge in [-0.25, -0.2) is 0 Å². The largest absolute Gasteiger partial charge is 0.481 e. The maximum atomic E-state index is 13.0. The molecule has 2 aliphatic heterocycles. The van der Waals surface area contributed by atoms with Gasteiger partial charge in [-0.05, 0) is 29.5 Å². The Morgan fingerprint density at radius 3 is 2.24 bits per heavy atom. The molecule has 0 aromatic heterocycles. The fourth-order valence-corrected chi connectivity index (χ4v) is 4.98. The minimum absolute atomic E-state index is 0. The highest BCUT2D eigenvalue weighted by Gasteiger charge is 2.51. The van der Waals surface area contributed by atoms with Crippen LogP contribution in [0.5, 0.6) is 0 Å². The SMILES string of the molecule is C.CC(C[C@@H](Cc1ccc(-c2ccccc2)cc1)NC(=O)CCC(=O)O)C(=O)O[C@H]1COC2C(O[N+](=O)[O-])CO[C@@H]21. The summed E-state index contributed by atoms with van der Waals surface area (Å²) in [6.45, 7) is 1.65. The molecule has 2 fully saturated rings. The third-order valence-corrected chi connectivity index (χ3v) is 6.97. The van der Waals surface area contributed by atoms with Gasteiger partial charge >= 0.3 is 11.9 Å². The monoisotopic (exact) mass is 572 g/mol. The summed E-state index contributed by atoms with van der Waals surface area (Å²) in [6, 6.07) is 17.3. The number of hydrogen-bond donors (Lipinski definition) is 2. The van der Waals surface area contributed by atoms with Gasteiger partial charge in [-0.2, -0.15) is 0 Å². The highest BCUT2D eigenvalue weighted by molar-refractivity contribution is 5.81. The van der Waals surface area contributed by atoms with Crippen LogP contribution in [0.4, 0.5) is 0 Å². The van der Waals surface area contributed by atoms with Crippen LogP contribution in [-0.4, -0.2) is 71.7 Å². The van der Waals surface area contributed by atoms with Crippen LogP contribution in [0, 0.1) is 16.0 Å². The van der Waals surface area contributed by atoms with Crippen molar-refractivity contribution in [1.82, 2.24) is 5.32 Å². The predicted octanol–water partition coefficient (Wildman–Crippen LogP) is 3.19. The molecular formula is C29H36N2O10. The summed E-state index contributed by atoms with van der Waals surface area (Å²) in [7, 11) is 0. The number of fused-ring (bicyclic) bond motifs is 1. The molecule has 0 saturated carbocycles. The van der Waals surface area contributed by atoms with Crippen LogP contribution in [0.25, 0.3) is 11.1 Å². The van der Waals surface area contributed by atoms with E-state index in [0.29, 0.717) is 6.42 Å². The van der Waals surface area contributed by atoms with Crippen LogP contribution in [-0.2, 0) is 39.9 Å². The molecule has 6 atom stereocenters. The fraction of sp³-hybridized carbons (Fsp3) is 0.483. The van der Waals surface area contributed by atoms with Crippen LogP contribution in [0.15, 0.2) is 54.6 Å². The van der Waals surface area contributed by atoms with Gasteiger partial charge in [0.15, 0.2) is 12.2 Å². The summed E-state index contributed by atoms with van der Waals surface area (Å²) in [5.74, 6) is -2.64. The van der Waals surface area contributed by atoms with Crippen molar-refractivity contribution in [3.63, 3.8) is 0 Å². The van der Waals surface area contributed by atoms with Gasteiger partial charge in [0.05, 0.1) is 25.6 Å². The molecule has 41 heavy (non-hydrogen) atoms. The second-order valence-electron chi connectivity index (χ2n) is 10.0. The first-order valence-corrected chi connectivity index (χ1v) is 13.1. The number of rotatable bonds is 13. The zero-order valence-electron chi connectivity index (χ0n) is 22.0. The van der Waals surface area contributed by atoms with Gasteiger partial charge in [0.1, 0.15) is 12.2 Å². The Balaban J connectivity index is 0.00000462. The second kappa shape index (κ2) is 14.6. The number of carboxylic acid groups (broad SMARTS) is 1. The van der Waals surface area contributed by atoms with E-state index in [0.717, 1.165) is 16.7 Å². The Morgan fingerprint density at radius 1 is 1.00 bits per heavy atom. The van der Waals surface area contributed by atoms with Crippen molar-refractivity contribution >= 4 is 17.8 Å². The topological polar surface area (TPSA) is 164 Å². The van der Waals surface area contributed by atoms with Gasteiger partial charge < -0.3 is 29.5 Å². The fourth-order valence-electron chi connectivity index (χ4n) is 4.98. The Morgan fingerprint density at radius 2 is 1.61 bits per heavy atom. The summed E-state index contributed by atoms with van der Waals surface area (Å²) in [4.78, 5) is 51.6. The number of carboxylic acids is 1.